The van der Waals surface area contributed by atoms with Gasteiger partial charge in [0.1, 0.15) is 17.2 Å². The predicted molar refractivity (Wildman–Crippen MR) is 117 cm³/mol. The Bertz CT molecular complexity index is 961. The van der Waals surface area contributed by atoms with E-state index in [9.17, 15) is 4.79 Å². The van der Waals surface area contributed by atoms with Crippen molar-refractivity contribution >= 4 is 6.09 Å². The zero-order valence-corrected chi connectivity index (χ0v) is 18.0. The van der Waals surface area contributed by atoms with E-state index in [2.05, 4.69) is 10.3 Å². The lowest BCUT2D eigenvalue weighted by Gasteiger charge is -2.24. The number of aromatic nitrogens is 2. The number of imidazole rings is 1. The van der Waals surface area contributed by atoms with Gasteiger partial charge in [-0.2, -0.15) is 0 Å². The smallest absolute Gasteiger partial charge is 0.408 e. The highest BCUT2D eigenvalue weighted by Crippen LogP contribution is 2.23. The van der Waals surface area contributed by atoms with Crippen molar-refractivity contribution in [3.63, 3.8) is 0 Å². The molecule has 1 aromatic heterocycles. The summed E-state index contributed by atoms with van der Waals surface area (Å²) in [5, 5.41) is 3.00. The highest BCUT2D eigenvalue weighted by molar-refractivity contribution is 5.68. The summed E-state index contributed by atoms with van der Waals surface area (Å²) >= 11 is 0. The Balaban J connectivity index is 1.88. The minimum atomic E-state index is -0.575. The van der Waals surface area contributed by atoms with Crippen LogP contribution in [0.25, 0.3) is 0 Å². The Morgan fingerprint density at radius 2 is 1.80 bits per heavy atom. The van der Waals surface area contributed by atoms with Crippen LogP contribution < -0.4 is 10.1 Å². The summed E-state index contributed by atoms with van der Waals surface area (Å²) in [5.74, 6) is 1.58. The summed E-state index contributed by atoms with van der Waals surface area (Å²) in [5.41, 5.74) is 1.56. The summed E-state index contributed by atoms with van der Waals surface area (Å²) in [7, 11) is 1.66. The minimum absolute atomic E-state index is 0.341. The normalized spacial score (nSPS) is 12.3. The van der Waals surface area contributed by atoms with Gasteiger partial charge in [-0.3, -0.25) is 0 Å². The first-order valence-electron chi connectivity index (χ1n) is 10.0. The summed E-state index contributed by atoms with van der Waals surface area (Å²) in [4.78, 5) is 17.1. The number of carbonyl (C=O) groups is 1. The molecule has 0 aliphatic heterocycles. The molecule has 158 valence electrons. The molecule has 6 nitrogen and oxygen atoms in total. The topological polar surface area (TPSA) is 65.4 Å². The number of carbonyl (C=O) groups excluding carboxylic acids is 1. The van der Waals surface area contributed by atoms with Crippen molar-refractivity contribution < 1.29 is 14.3 Å². The zero-order chi connectivity index (χ0) is 21.6. The molecule has 1 heterocycles. The number of nitrogens with one attached hydrogen (secondary N) is 1. The lowest BCUT2D eigenvalue weighted by molar-refractivity contribution is 0.0500. The van der Waals surface area contributed by atoms with E-state index < -0.39 is 11.7 Å². The first kappa shape index (κ1) is 21.4. The van der Waals surface area contributed by atoms with Crippen molar-refractivity contribution in [1.82, 2.24) is 14.9 Å². The van der Waals surface area contributed by atoms with Crippen molar-refractivity contribution in [1.29, 1.82) is 0 Å². The molecule has 1 amide bonds. The lowest BCUT2D eigenvalue weighted by atomic mass is 10.1. The molecular formula is C24H29N3O3. The molecule has 3 aromatic rings. The van der Waals surface area contributed by atoms with E-state index in [1.807, 2.05) is 86.1 Å². The third-order valence-corrected chi connectivity index (χ3v) is 4.57. The van der Waals surface area contributed by atoms with Crippen molar-refractivity contribution in [3.8, 4) is 5.75 Å². The number of hydrogen-bond acceptors (Lipinski definition) is 4. The quantitative estimate of drug-likeness (QED) is 0.614. The van der Waals surface area contributed by atoms with E-state index in [-0.39, 0.29) is 6.04 Å². The number of para-hydroxylation sites is 1. The van der Waals surface area contributed by atoms with Gasteiger partial charge in [-0.1, -0.05) is 48.5 Å². The fourth-order valence-electron chi connectivity index (χ4n) is 3.29. The van der Waals surface area contributed by atoms with Crippen LogP contribution in [0, 0.1) is 0 Å². The number of ether oxygens (including phenoxy) is 2. The van der Waals surface area contributed by atoms with E-state index in [1.165, 1.54) is 0 Å². The molecule has 1 N–H and O–H groups in total. The SMILES string of the molecule is COc1ccccc1Cn1ccnc1[C@H](Cc1ccccc1)NC(=O)OC(C)(C)C. The van der Waals surface area contributed by atoms with Gasteiger partial charge in [0.05, 0.1) is 19.7 Å². The molecule has 0 saturated carbocycles. The average Bonchev–Trinajstić information content (AvgIpc) is 3.15. The minimum Gasteiger partial charge on any atom is -0.496 e. The summed E-state index contributed by atoms with van der Waals surface area (Å²) in [6.07, 6.45) is 3.80. The van der Waals surface area contributed by atoms with Gasteiger partial charge in [-0.15, -0.1) is 0 Å². The molecule has 0 spiro atoms. The van der Waals surface area contributed by atoms with Gasteiger partial charge in [0.25, 0.3) is 0 Å². The number of alkyl carbamates (subject to hydrolysis) is 1. The summed E-state index contributed by atoms with van der Waals surface area (Å²) in [6.45, 7) is 6.13. The standard InChI is InChI=1S/C24H29N3O3/c1-24(2,3)30-23(28)26-20(16-18-10-6-5-7-11-18)22-25-14-15-27(22)17-19-12-8-9-13-21(19)29-4/h5-15,20H,16-17H2,1-4H3,(H,26,28)/t20-/m0/s1. The lowest BCUT2D eigenvalue weighted by Crippen LogP contribution is -2.37. The maximum absolute atomic E-state index is 12.5. The predicted octanol–water partition coefficient (Wildman–Crippen LogP) is 4.75. The van der Waals surface area contributed by atoms with E-state index in [0.29, 0.717) is 13.0 Å². The van der Waals surface area contributed by atoms with Crippen molar-refractivity contribution in [2.75, 3.05) is 7.11 Å². The second-order valence-electron chi connectivity index (χ2n) is 8.11. The molecule has 0 radical (unpaired) electrons. The van der Waals surface area contributed by atoms with E-state index in [4.69, 9.17) is 9.47 Å². The molecule has 0 fully saturated rings. The van der Waals surface area contributed by atoms with Crippen LogP contribution in [0.1, 0.15) is 43.8 Å². The third kappa shape index (κ3) is 5.86. The first-order valence-corrected chi connectivity index (χ1v) is 10.0. The van der Waals surface area contributed by atoms with Gasteiger partial charge >= 0.3 is 6.09 Å². The van der Waals surface area contributed by atoms with Gasteiger partial charge in [0, 0.05) is 24.4 Å². The van der Waals surface area contributed by atoms with Gasteiger partial charge in [0.2, 0.25) is 0 Å². The van der Waals surface area contributed by atoms with Crippen molar-refractivity contribution in [2.24, 2.45) is 0 Å². The molecule has 0 unspecified atom stereocenters. The Labute approximate surface area is 177 Å². The number of methoxy groups -OCH3 is 1. The molecule has 6 heteroatoms. The second-order valence-corrected chi connectivity index (χ2v) is 8.11. The van der Waals surface area contributed by atoms with Crippen LogP contribution >= 0.6 is 0 Å². The van der Waals surface area contributed by atoms with E-state index in [1.54, 1.807) is 13.3 Å². The molecule has 1 atom stereocenters. The Hall–Kier alpha value is -3.28. The highest BCUT2D eigenvalue weighted by atomic mass is 16.6. The molecule has 0 aliphatic carbocycles. The van der Waals surface area contributed by atoms with Gasteiger partial charge in [0.15, 0.2) is 0 Å². The second kappa shape index (κ2) is 9.48. The molecule has 2 aromatic carbocycles. The fourth-order valence-corrected chi connectivity index (χ4v) is 3.29. The van der Waals surface area contributed by atoms with E-state index >= 15 is 0 Å². The zero-order valence-electron chi connectivity index (χ0n) is 18.0. The molecule has 0 saturated heterocycles. The van der Waals surface area contributed by atoms with Crippen LogP contribution in [-0.2, 0) is 17.7 Å². The maximum atomic E-state index is 12.5. The highest BCUT2D eigenvalue weighted by Gasteiger charge is 2.24. The van der Waals surface area contributed by atoms with E-state index in [0.717, 1.165) is 22.7 Å². The monoisotopic (exact) mass is 407 g/mol. The Morgan fingerprint density at radius 3 is 2.50 bits per heavy atom. The number of hydrogen-bond donors (Lipinski definition) is 1. The Kier molecular flexibility index (Phi) is 6.77. The van der Waals surface area contributed by atoms with Crippen LogP contribution in [0.2, 0.25) is 0 Å². The largest absolute Gasteiger partial charge is 0.496 e. The fraction of sp³-hybridized carbons (Fsp3) is 0.333. The van der Waals surface area contributed by atoms with Crippen LogP contribution in [-0.4, -0.2) is 28.4 Å². The van der Waals surface area contributed by atoms with Gasteiger partial charge < -0.3 is 19.4 Å². The number of rotatable bonds is 7. The van der Waals surface area contributed by atoms with Gasteiger partial charge in [-0.25, -0.2) is 9.78 Å². The molecular weight excluding hydrogens is 378 g/mol. The average molecular weight is 408 g/mol. The summed E-state index contributed by atoms with van der Waals surface area (Å²) < 4.78 is 13.0. The molecule has 0 bridgehead atoms. The van der Waals surface area contributed by atoms with Crippen LogP contribution in [0.3, 0.4) is 0 Å². The first-order chi connectivity index (χ1) is 14.4. The van der Waals surface area contributed by atoms with Crippen LogP contribution in [0.5, 0.6) is 5.75 Å². The number of nitrogens with zero attached hydrogens (tertiary/aromatic N) is 2. The molecule has 30 heavy (non-hydrogen) atoms. The molecule has 3 rings (SSSR count). The van der Waals surface area contributed by atoms with Crippen LogP contribution in [0.15, 0.2) is 67.0 Å². The Morgan fingerprint density at radius 1 is 1.10 bits per heavy atom. The third-order valence-electron chi connectivity index (χ3n) is 4.57. The van der Waals surface area contributed by atoms with Crippen molar-refractivity contribution in [2.45, 2.75) is 45.4 Å². The number of benzene rings is 2. The van der Waals surface area contributed by atoms with Gasteiger partial charge in [-0.05, 0) is 32.4 Å². The molecule has 0 aliphatic rings. The number of amides is 1. The van der Waals surface area contributed by atoms with Crippen molar-refractivity contribution in [3.05, 3.63) is 83.9 Å². The summed E-state index contributed by atoms with van der Waals surface area (Å²) in [6, 6.07) is 17.6. The maximum Gasteiger partial charge on any atom is 0.408 e. The van der Waals surface area contributed by atoms with Crippen LogP contribution in [0.4, 0.5) is 4.79 Å².